The molecule has 9 aromatic carbocycles. The summed E-state index contributed by atoms with van der Waals surface area (Å²) in [6.07, 6.45) is 21.4. The Hall–Kier alpha value is -6.90. The van der Waals surface area contributed by atoms with Gasteiger partial charge in [0, 0.05) is 35.1 Å². The fourth-order valence-electron chi connectivity index (χ4n) is 9.42. The van der Waals surface area contributed by atoms with Crippen molar-refractivity contribution in [1.29, 1.82) is 0 Å². The summed E-state index contributed by atoms with van der Waals surface area (Å²) in [5.41, 5.74) is 9.77. The van der Waals surface area contributed by atoms with Crippen LogP contribution in [0.4, 0.5) is 22.7 Å². The highest BCUT2D eigenvalue weighted by Gasteiger charge is 2.15. The van der Waals surface area contributed by atoms with Crippen molar-refractivity contribution >= 4 is 78.0 Å². The van der Waals surface area contributed by atoms with Crippen LogP contribution in [0.1, 0.15) is 87.5 Å². The summed E-state index contributed by atoms with van der Waals surface area (Å²) in [6, 6.07) is 66.9. The maximum atomic E-state index is 2.49. The van der Waals surface area contributed by atoms with E-state index in [1.54, 1.807) is 0 Å². The normalized spacial score (nSPS) is 11.8. The molecule has 0 aromatic heterocycles. The number of hydrogen-bond acceptors (Lipinski definition) is 2. The number of anilines is 4. The first-order chi connectivity index (χ1) is 31.7. The SMILES string of the molecule is CCCCCCc1ccc2c(/C=C/N(c3ccccc3)c3ccccc3)cc3c(ccc4c5cc(CCCCCC)ccc5c(/C=C/N(c5ccccc5)c5ccccc5)cc43)c2c1. The van der Waals surface area contributed by atoms with Crippen molar-refractivity contribution in [3.63, 3.8) is 0 Å². The Kier molecular flexibility index (Phi) is 13.6. The second-order valence-electron chi connectivity index (χ2n) is 17.3. The number of rotatable bonds is 18. The fourth-order valence-corrected chi connectivity index (χ4v) is 9.42. The molecule has 2 nitrogen and oxygen atoms in total. The number of unbranched alkanes of at least 4 members (excludes halogenated alkanes) is 6. The van der Waals surface area contributed by atoms with Crippen LogP contribution in [0.5, 0.6) is 0 Å². The highest BCUT2D eigenvalue weighted by molar-refractivity contribution is 6.24. The van der Waals surface area contributed by atoms with Gasteiger partial charge in [-0.3, -0.25) is 0 Å². The lowest BCUT2D eigenvalue weighted by Gasteiger charge is -2.21. The average molecular weight is 833 g/mol. The summed E-state index contributed by atoms with van der Waals surface area (Å²) >= 11 is 0. The molecule has 0 aliphatic rings. The smallest absolute Gasteiger partial charge is 0.0455 e. The fraction of sp³-hybridized carbons (Fsp3) is 0.194. The van der Waals surface area contributed by atoms with Gasteiger partial charge in [0.2, 0.25) is 0 Å². The van der Waals surface area contributed by atoms with Crippen LogP contribution in [0.2, 0.25) is 0 Å². The molecule has 0 heterocycles. The van der Waals surface area contributed by atoms with Crippen molar-refractivity contribution in [2.45, 2.75) is 78.1 Å². The lowest BCUT2D eigenvalue weighted by Crippen LogP contribution is -2.07. The molecule has 0 unspecified atom stereocenters. The van der Waals surface area contributed by atoms with Gasteiger partial charge in [-0.25, -0.2) is 0 Å². The number of para-hydroxylation sites is 4. The molecule has 0 saturated heterocycles. The van der Waals surface area contributed by atoms with Crippen molar-refractivity contribution in [3.8, 4) is 0 Å². The monoisotopic (exact) mass is 832 g/mol. The molecule has 0 aliphatic heterocycles. The van der Waals surface area contributed by atoms with Gasteiger partial charge in [0.1, 0.15) is 0 Å². The molecule has 0 saturated carbocycles. The van der Waals surface area contributed by atoms with Crippen LogP contribution in [0.25, 0.3) is 55.2 Å². The molecule has 0 fully saturated rings. The molecule has 0 bridgehead atoms. The number of nitrogens with zero attached hydrogens (tertiary/aromatic N) is 2. The van der Waals surface area contributed by atoms with Crippen molar-refractivity contribution in [2.75, 3.05) is 9.80 Å². The number of fused-ring (bicyclic) bond motifs is 7. The summed E-state index contributed by atoms with van der Waals surface area (Å²) in [7, 11) is 0. The maximum absolute atomic E-state index is 2.49. The van der Waals surface area contributed by atoms with E-state index in [1.807, 2.05) is 0 Å². The zero-order chi connectivity index (χ0) is 43.5. The van der Waals surface area contributed by atoms with Crippen molar-refractivity contribution in [3.05, 3.63) is 217 Å². The molecule has 0 N–H and O–H groups in total. The van der Waals surface area contributed by atoms with Crippen LogP contribution in [0.15, 0.2) is 194 Å². The van der Waals surface area contributed by atoms with E-state index in [4.69, 9.17) is 0 Å². The molecular formula is C62H60N2. The zero-order valence-electron chi connectivity index (χ0n) is 37.6. The first-order valence-electron chi connectivity index (χ1n) is 23.7. The molecule has 9 rings (SSSR count). The zero-order valence-corrected chi connectivity index (χ0v) is 37.6. The van der Waals surface area contributed by atoms with Gasteiger partial charge >= 0.3 is 0 Å². The predicted molar refractivity (Wildman–Crippen MR) is 280 cm³/mol. The van der Waals surface area contributed by atoms with Crippen molar-refractivity contribution < 1.29 is 0 Å². The Morgan fingerprint density at radius 1 is 0.312 bits per heavy atom. The van der Waals surface area contributed by atoms with Gasteiger partial charge in [-0.1, -0.05) is 174 Å². The van der Waals surface area contributed by atoms with Crippen molar-refractivity contribution in [2.24, 2.45) is 0 Å². The van der Waals surface area contributed by atoms with E-state index in [9.17, 15) is 0 Å². The van der Waals surface area contributed by atoms with Gasteiger partial charge < -0.3 is 9.80 Å². The summed E-state index contributed by atoms with van der Waals surface area (Å²) < 4.78 is 0. The molecule has 318 valence electrons. The summed E-state index contributed by atoms with van der Waals surface area (Å²) in [5, 5.41) is 10.4. The molecule has 2 heteroatoms. The number of aryl methyl sites for hydroxylation is 2. The Bertz CT molecular complexity index is 2720. The van der Waals surface area contributed by atoms with Gasteiger partial charge in [0.15, 0.2) is 0 Å². The van der Waals surface area contributed by atoms with Gasteiger partial charge in [0.25, 0.3) is 0 Å². The first kappa shape index (κ1) is 42.4. The van der Waals surface area contributed by atoms with E-state index in [0.29, 0.717) is 0 Å². The first-order valence-corrected chi connectivity index (χ1v) is 23.7. The molecule has 0 spiro atoms. The molecule has 0 atom stereocenters. The Balaban J connectivity index is 1.26. The molecular weight excluding hydrogens is 773 g/mol. The quantitative estimate of drug-likeness (QED) is 0.0628. The molecule has 9 aromatic rings. The van der Waals surface area contributed by atoms with Crippen LogP contribution < -0.4 is 9.80 Å². The minimum atomic E-state index is 1.10. The minimum absolute atomic E-state index is 1.10. The lowest BCUT2D eigenvalue weighted by molar-refractivity contribution is 0.667. The van der Waals surface area contributed by atoms with Gasteiger partial charge in [-0.2, -0.15) is 0 Å². The number of benzene rings is 9. The second kappa shape index (κ2) is 20.5. The van der Waals surface area contributed by atoms with Gasteiger partial charge in [-0.15, -0.1) is 0 Å². The lowest BCUT2D eigenvalue weighted by atomic mass is 9.88. The average Bonchev–Trinajstić information content (AvgIpc) is 3.35. The van der Waals surface area contributed by atoms with Gasteiger partial charge in [0.05, 0.1) is 0 Å². The summed E-state index contributed by atoms with van der Waals surface area (Å²) in [6.45, 7) is 4.58. The van der Waals surface area contributed by atoms with Gasteiger partial charge in [-0.05, 0) is 164 Å². The van der Waals surface area contributed by atoms with Crippen LogP contribution >= 0.6 is 0 Å². The Morgan fingerprint density at radius 3 is 0.984 bits per heavy atom. The maximum Gasteiger partial charge on any atom is 0.0455 e. The molecule has 64 heavy (non-hydrogen) atoms. The largest absolute Gasteiger partial charge is 0.317 e. The highest BCUT2D eigenvalue weighted by Crippen LogP contribution is 2.40. The minimum Gasteiger partial charge on any atom is -0.317 e. The third-order valence-electron chi connectivity index (χ3n) is 12.8. The number of hydrogen-bond donors (Lipinski definition) is 0. The molecule has 0 radical (unpaired) electrons. The van der Waals surface area contributed by atoms with E-state index in [0.717, 1.165) is 35.6 Å². The highest BCUT2D eigenvalue weighted by atomic mass is 15.1. The summed E-state index contributed by atoms with van der Waals surface area (Å²) in [5.74, 6) is 0. The standard InChI is InChI=1S/C62H60N2/c1-3-5-7-13-23-47-33-35-55-49(39-41-63(51-25-15-9-16-26-51)52-27-17-10-18-28-52)45-61-57(59(55)43-47)37-38-58-60-44-48(24-14-8-6-4-2)34-36-56(60)50(46-62(58)61)40-42-64(53-29-19-11-20-30-53)54-31-21-12-22-32-54/h9-12,15-22,25-46H,3-8,13-14,23-24H2,1-2H3/b41-39+,42-40+. The molecule has 0 amide bonds. The van der Waals surface area contributed by atoms with Crippen LogP contribution in [-0.2, 0) is 12.8 Å². The summed E-state index contributed by atoms with van der Waals surface area (Å²) in [4.78, 5) is 4.59. The van der Waals surface area contributed by atoms with E-state index in [1.165, 1.54) is 117 Å². The van der Waals surface area contributed by atoms with Crippen LogP contribution in [0.3, 0.4) is 0 Å². The topological polar surface area (TPSA) is 6.48 Å². The third-order valence-corrected chi connectivity index (χ3v) is 12.8. The van der Waals surface area contributed by atoms with E-state index in [2.05, 4.69) is 230 Å². The van der Waals surface area contributed by atoms with E-state index in [-0.39, 0.29) is 0 Å². The Labute approximate surface area is 380 Å². The van der Waals surface area contributed by atoms with Crippen molar-refractivity contribution in [1.82, 2.24) is 0 Å². The Morgan fingerprint density at radius 2 is 0.641 bits per heavy atom. The molecule has 0 aliphatic carbocycles. The van der Waals surface area contributed by atoms with E-state index >= 15 is 0 Å². The third kappa shape index (κ3) is 9.53. The van der Waals surface area contributed by atoms with Crippen LogP contribution in [-0.4, -0.2) is 0 Å². The van der Waals surface area contributed by atoms with E-state index < -0.39 is 0 Å². The van der Waals surface area contributed by atoms with Crippen LogP contribution in [0, 0.1) is 0 Å². The second-order valence-corrected chi connectivity index (χ2v) is 17.3. The predicted octanol–water partition coefficient (Wildman–Crippen LogP) is 18.2.